The molecule has 1 aromatic heterocycles. The topological polar surface area (TPSA) is 40.5 Å². The van der Waals surface area contributed by atoms with Crippen molar-refractivity contribution in [3.05, 3.63) is 41.3 Å². The molecule has 0 bridgehead atoms. The van der Waals surface area contributed by atoms with Crippen molar-refractivity contribution in [2.24, 2.45) is 0 Å². The van der Waals surface area contributed by atoms with E-state index in [0.717, 1.165) is 5.56 Å². The van der Waals surface area contributed by atoms with E-state index in [1.54, 1.807) is 6.07 Å². The van der Waals surface area contributed by atoms with Crippen LogP contribution in [0.5, 0.6) is 0 Å². The Morgan fingerprint density at radius 2 is 1.93 bits per heavy atom. The Labute approximate surface area is 88.7 Å². The number of benzene rings is 1. The van der Waals surface area contributed by atoms with Gasteiger partial charge in [-0.25, -0.2) is 0 Å². The molecule has 1 heterocycles. The Morgan fingerprint density at radius 1 is 1.07 bits per heavy atom. The normalized spacial score (nSPS) is 10.1. The van der Waals surface area contributed by atoms with Crippen LogP contribution < -0.4 is 5.46 Å². The van der Waals surface area contributed by atoms with Gasteiger partial charge >= 0.3 is 88.5 Å². The van der Waals surface area contributed by atoms with Gasteiger partial charge in [-0.2, -0.15) is 0 Å². The molecule has 0 aliphatic heterocycles. The van der Waals surface area contributed by atoms with E-state index in [4.69, 9.17) is 10.0 Å². The molecule has 4 heteroatoms. The van der Waals surface area contributed by atoms with Gasteiger partial charge in [-0.05, 0) is 0 Å². The summed E-state index contributed by atoms with van der Waals surface area (Å²) in [6.07, 6.45) is 0. The summed E-state index contributed by atoms with van der Waals surface area (Å²) >= 11 is 0.388. The van der Waals surface area contributed by atoms with E-state index in [1.807, 2.05) is 24.3 Å². The van der Waals surface area contributed by atoms with Crippen molar-refractivity contribution in [1.29, 1.82) is 0 Å². The van der Waals surface area contributed by atoms with Crippen LogP contribution in [0, 0.1) is 0 Å². The molecule has 0 fully saturated rings. The molecule has 0 saturated carbocycles. The van der Waals surface area contributed by atoms with Gasteiger partial charge in [-0.1, -0.05) is 0 Å². The van der Waals surface area contributed by atoms with Crippen LogP contribution >= 0.6 is 0 Å². The quantitative estimate of drug-likeness (QED) is 0.742. The molecule has 70 valence electrons. The number of hydrogen-bond donors (Lipinski definition) is 2. The van der Waals surface area contributed by atoms with Gasteiger partial charge in [-0.3, -0.25) is 0 Å². The van der Waals surface area contributed by atoms with E-state index in [2.05, 4.69) is 11.0 Å². The van der Waals surface area contributed by atoms with Crippen molar-refractivity contribution < 1.29 is 10.0 Å². The predicted octanol–water partition coefficient (Wildman–Crippen LogP) is 0.0904. The van der Waals surface area contributed by atoms with Gasteiger partial charge in [0.2, 0.25) is 0 Å². The molecule has 2 N–H and O–H groups in total. The monoisotopic (exact) mass is 252 g/mol. The molecule has 0 aliphatic rings. The molecule has 0 atom stereocenters. The first-order chi connectivity index (χ1) is 6.77. The summed E-state index contributed by atoms with van der Waals surface area (Å²) in [7, 11) is -1.38. The Morgan fingerprint density at radius 3 is 2.57 bits per heavy atom. The third kappa shape index (κ3) is 1.99. The van der Waals surface area contributed by atoms with Crippen molar-refractivity contribution >= 4 is 27.1 Å². The molecule has 0 aliphatic carbocycles. The van der Waals surface area contributed by atoms with Gasteiger partial charge in [-0.15, -0.1) is 0 Å². The summed E-state index contributed by atoms with van der Waals surface area (Å²) in [6.45, 7) is 0. The van der Waals surface area contributed by atoms with Crippen LogP contribution in [-0.2, 0) is 0 Å². The molecule has 0 radical (unpaired) electrons. The Kier molecular flexibility index (Phi) is 2.89. The van der Waals surface area contributed by atoms with E-state index >= 15 is 0 Å². The van der Waals surface area contributed by atoms with Gasteiger partial charge < -0.3 is 0 Å². The van der Waals surface area contributed by atoms with E-state index in [1.165, 1.54) is 4.44 Å². The fraction of sp³-hybridized carbons (Fsp3) is 0. The van der Waals surface area contributed by atoms with Crippen LogP contribution in [0.1, 0.15) is 0 Å². The Bertz CT molecular complexity index is 412. The zero-order chi connectivity index (χ0) is 9.97. The minimum atomic E-state index is -1.38. The number of rotatable bonds is 2. The maximum absolute atomic E-state index is 9.02. The second-order valence-electron chi connectivity index (χ2n) is 2.98. The summed E-state index contributed by atoms with van der Waals surface area (Å²) in [5, 5.41) is 18.0. The molecule has 2 rings (SSSR count). The summed E-state index contributed by atoms with van der Waals surface area (Å²) in [5.41, 5.74) is 1.63. The molecule has 2 nitrogen and oxygen atoms in total. The molecule has 14 heavy (non-hydrogen) atoms. The zero-order valence-electron chi connectivity index (χ0n) is 7.42. The van der Waals surface area contributed by atoms with E-state index in [9.17, 15) is 0 Å². The van der Waals surface area contributed by atoms with Gasteiger partial charge in [0, 0.05) is 0 Å². The molecule has 0 unspecified atom stereocenters. The SMILES string of the molecule is OB(O)c1cccc(-c2ccc[se]2)c1. The van der Waals surface area contributed by atoms with Gasteiger partial charge in [0.15, 0.2) is 0 Å². The molecule has 0 amide bonds. The second-order valence-corrected chi connectivity index (χ2v) is 4.96. The minimum absolute atomic E-state index is 0.388. The van der Waals surface area contributed by atoms with Crippen LogP contribution in [0.3, 0.4) is 0 Å². The van der Waals surface area contributed by atoms with Crippen molar-refractivity contribution in [2.75, 3.05) is 0 Å². The standard InChI is InChI=1S/C10H9BO2Se/c12-11(13)9-4-1-3-8(7-9)10-5-2-6-14-10/h1-7,12-13H. The summed E-state index contributed by atoms with van der Waals surface area (Å²) in [6, 6.07) is 11.5. The fourth-order valence-electron chi connectivity index (χ4n) is 1.30. The van der Waals surface area contributed by atoms with Crippen molar-refractivity contribution in [3.8, 4) is 10.0 Å². The Hall–Kier alpha value is -0.796. The fourth-order valence-corrected chi connectivity index (χ4v) is 2.81. The van der Waals surface area contributed by atoms with Crippen LogP contribution in [0.25, 0.3) is 10.0 Å². The first-order valence-corrected chi connectivity index (χ1v) is 6.12. The first kappa shape index (κ1) is 9.75. The van der Waals surface area contributed by atoms with Crippen LogP contribution in [0.15, 0.2) is 41.3 Å². The van der Waals surface area contributed by atoms with Crippen molar-refractivity contribution in [3.63, 3.8) is 0 Å². The summed E-state index contributed by atoms with van der Waals surface area (Å²) in [4.78, 5) is 2.14. The zero-order valence-corrected chi connectivity index (χ0v) is 9.13. The molecule has 1 aromatic carbocycles. The molecular weight excluding hydrogens is 242 g/mol. The third-order valence-electron chi connectivity index (χ3n) is 1.99. The van der Waals surface area contributed by atoms with Crippen LogP contribution in [0.2, 0.25) is 0 Å². The number of hydrogen-bond acceptors (Lipinski definition) is 2. The van der Waals surface area contributed by atoms with Crippen LogP contribution in [0.4, 0.5) is 0 Å². The van der Waals surface area contributed by atoms with Gasteiger partial charge in [0.1, 0.15) is 0 Å². The van der Waals surface area contributed by atoms with Crippen LogP contribution in [-0.4, -0.2) is 31.7 Å². The summed E-state index contributed by atoms with van der Waals surface area (Å²) in [5.74, 6) is 0. The molecular formula is C10H9BO2Se. The molecule has 0 saturated heterocycles. The van der Waals surface area contributed by atoms with Gasteiger partial charge in [0.05, 0.1) is 0 Å². The molecule has 2 aromatic rings. The molecule has 0 spiro atoms. The van der Waals surface area contributed by atoms with E-state index in [0.29, 0.717) is 20.0 Å². The van der Waals surface area contributed by atoms with E-state index < -0.39 is 7.12 Å². The van der Waals surface area contributed by atoms with E-state index in [-0.39, 0.29) is 0 Å². The second kappa shape index (κ2) is 4.15. The average Bonchev–Trinajstić information content (AvgIpc) is 2.71. The maximum atomic E-state index is 9.02. The predicted molar refractivity (Wildman–Crippen MR) is 58.6 cm³/mol. The Balaban J connectivity index is 2.41. The van der Waals surface area contributed by atoms with Crippen molar-refractivity contribution in [2.45, 2.75) is 0 Å². The first-order valence-electron chi connectivity index (χ1n) is 4.27. The summed E-state index contributed by atoms with van der Waals surface area (Å²) < 4.78 is 1.28. The van der Waals surface area contributed by atoms with Crippen molar-refractivity contribution in [1.82, 2.24) is 0 Å². The average molecular weight is 251 g/mol. The van der Waals surface area contributed by atoms with Gasteiger partial charge in [0.25, 0.3) is 0 Å². The third-order valence-corrected chi connectivity index (χ3v) is 3.92.